The molecule has 0 bridgehead atoms. The van der Waals surface area contributed by atoms with Gasteiger partial charge in [-0.15, -0.1) is 0 Å². The van der Waals surface area contributed by atoms with Crippen molar-refractivity contribution in [2.24, 2.45) is 0 Å². The number of hydrogen-bond acceptors (Lipinski definition) is 0. The summed E-state index contributed by atoms with van der Waals surface area (Å²) < 4.78 is 0. The molecule has 0 unspecified atom stereocenters. The predicted octanol–water partition coefficient (Wildman–Crippen LogP) is 4.57. The monoisotopic (exact) mass is 188 g/mol. The lowest BCUT2D eigenvalue weighted by Gasteiger charge is -1.91. The molecule has 0 heterocycles. The summed E-state index contributed by atoms with van der Waals surface area (Å²) in [5.74, 6) is 0. The van der Waals surface area contributed by atoms with E-state index in [9.17, 15) is 0 Å². The molecule has 0 fully saturated rings. The first-order valence-electron chi connectivity index (χ1n) is 5.62. The van der Waals surface area contributed by atoms with E-state index in [1.165, 1.54) is 19.3 Å². The SMILES string of the molecule is C1=C\CC/C=C/C/C=C\CCC/C=C/1. The second-order valence-electron chi connectivity index (χ2n) is 3.54. The van der Waals surface area contributed by atoms with Crippen LogP contribution >= 0.6 is 0 Å². The number of hydrogen-bond donors (Lipinski definition) is 0. The first-order chi connectivity index (χ1) is 7.00. The van der Waals surface area contributed by atoms with Gasteiger partial charge in [-0.05, 0) is 38.5 Å². The summed E-state index contributed by atoms with van der Waals surface area (Å²) in [6.07, 6.45) is 25.0. The van der Waals surface area contributed by atoms with E-state index in [-0.39, 0.29) is 0 Å². The third-order valence-electron chi connectivity index (χ3n) is 2.23. The molecule has 0 nitrogen and oxygen atoms in total. The smallest absolute Gasteiger partial charge is 0.0169 e. The van der Waals surface area contributed by atoms with E-state index in [0.29, 0.717) is 0 Å². The Morgan fingerprint density at radius 3 is 1.93 bits per heavy atom. The van der Waals surface area contributed by atoms with Gasteiger partial charge in [0.1, 0.15) is 0 Å². The third kappa shape index (κ3) is 6.47. The molecule has 0 N–H and O–H groups in total. The highest BCUT2D eigenvalue weighted by molar-refractivity contribution is 5.03. The van der Waals surface area contributed by atoms with Crippen LogP contribution in [0, 0.1) is 0 Å². The molecular weight excluding hydrogens is 168 g/mol. The molecule has 0 spiro atoms. The Bertz CT molecular complexity index is 228. The largest absolute Gasteiger partial charge is 0.0882 e. The van der Waals surface area contributed by atoms with Gasteiger partial charge in [-0.25, -0.2) is 0 Å². The second-order valence-corrected chi connectivity index (χ2v) is 3.54. The average Bonchev–Trinajstić information content (AvgIpc) is 2.22. The third-order valence-corrected chi connectivity index (χ3v) is 2.23. The van der Waals surface area contributed by atoms with E-state index in [4.69, 9.17) is 0 Å². The minimum atomic E-state index is 1.10. The molecule has 0 radical (unpaired) electrons. The highest BCUT2D eigenvalue weighted by atomic mass is 13.9. The van der Waals surface area contributed by atoms with Crippen molar-refractivity contribution in [3.63, 3.8) is 0 Å². The molecule has 0 saturated carbocycles. The van der Waals surface area contributed by atoms with Crippen LogP contribution in [0.4, 0.5) is 0 Å². The Morgan fingerprint density at radius 2 is 1.07 bits per heavy atom. The molecule has 0 amide bonds. The van der Waals surface area contributed by atoms with Crippen molar-refractivity contribution in [1.29, 1.82) is 0 Å². The van der Waals surface area contributed by atoms with Gasteiger partial charge < -0.3 is 0 Å². The van der Waals surface area contributed by atoms with Crippen LogP contribution < -0.4 is 0 Å². The quantitative estimate of drug-likeness (QED) is 0.489. The lowest BCUT2D eigenvalue weighted by Crippen LogP contribution is -1.70. The standard InChI is InChI=1S/C14H20/c1-2-4-6-8-10-12-14-13-11-9-7-5-3-1/h1-4,9,11-12,14H,5-8,10,13H2/b3-1-,4-2+,11-9+,14-12-. The van der Waals surface area contributed by atoms with Gasteiger partial charge in [0.15, 0.2) is 0 Å². The Morgan fingerprint density at radius 1 is 0.500 bits per heavy atom. The fourth-order valence-electron chi connectivity index (χ4n) is 1.40. The van der Waals surface area contributed by atoms with E-state index in [1.807, 2.05) is 0 Å². The first kappa shape index (κ1) is 11.0. The van der Waals surface area contributed by atoms with E-state index < -0.39 is 0 Å². The van der Waals surface area contributed by atoms with Crippen LogP contribution in [-0.2, 0) is 0 Å². The fraction of sp³-hybridized carbons (Fsp3) is 0.429. The summed E-state index contributed by atoms with van der Waals surface area (Å²) >= 11 is 0. The van der Waals surface area contributed by atoms with Crippen molar-refractivity contribution < 1.29 is 0 Å². The van der Waals surface area contributed by atoms with E-state index in [1.54, 1.807) is 0 Å². The first-order valence-corrected chi connectivity index (χ1v) is 5.62. The Balaban J connectivity index is 2.34. The van der Waals surface area contributed by atoms with Crippen molar-refractivity contribution in [3.8, 4) is 0 Å². The maximum Gasteiger partial charge on any atom is -0.0169 e. The molecule has 1 aliphatic rings. The summed E-state index contributed by atoms with van der Waals surface area (Å²) in [7, 11) is 0. The summed E-state index contributed by atoms with van der Waals surface area (Å²) in [6, 6.07) is 0. The van der Waals surface area contributed by atoms with Crippen LogP contribution in [0.2, 0.25) is 0 Å². The van der Waals surface area contributed by atoms with Crippen LogP contribution in [0.15, 0.2) is 48.6 Å². The highest BCUT2D eigenvalue weighted by Crippen LogP contribution is 2.01. The zero-order valence-corrected chi connectivity index (χ0v) is 8.86. The van der Waals surface area contributed by atoms with Crippen molar-refractivity contribution in [3.05, 3.63) is 48.6 Å². The minimum Gasteiger partial charge on any atom is -0.0882 e. The average molecular weight is 188 g/mol. The zero-order chi connectivity index (χ0) is 9.90. The fourth-order valence-corrected chi connectivity index (χ4v) is 1.40. The maximum atomic E-state index is 2.29. The molecule has 0 aromatic heterocycles. The lowest BCUT2D eigenvalue weighted by atomic mass is 10.2. The van der Waals surface area contributed by atoms with Crippen molar-refractivity contribution in [1.82, 2.24) is 0 Å². The zero-order valence-electron chi connectivity index (χ0n) is 8.86. The summed E-state index contributed by atoms with van der Waals surface area (Å²) in [4.78, 5) is 0. The Kier molecular flexibility index (Phi) is 6.74. The number of allylic oxidation sites excluding steroid dienone is 8. The minimum absolute atomic E-state index is 1.10. The molecular formula is C14H20. The Labute approximate surface area is 87.7 Å². The summed E-state index contributed by atoms with van der Waals surface area (Å²) in [6.45, 7) is 0. The summed E-state index contributed by atoms with van der Waals surface area (Å²) in [5, 5.41) is 0. The van der Waals surface area contributed by atoms with Gasteiger partial charge in [-0.3, -0.25) is 0 Å². The van der Waals surface area contributed by atoms with Crippen LogP contribution in [0.25, 0.3) is 0 Å². The molecule has 0 saturated heterocycles. The van der Waals surface area contributed by atoms with Crippen molar-refractivity contribution in [2.75, 3.05) is 0 Å². The van der Waals surface area contributed by atoms with Gasteiger partial charge in [-0.1, -0.05) is 48.6 Å². The van der Waals surface area contributed by atoms with Crippen molar-refractivity contribution in [2.45, 2.75) is 38.5 Å². The van der Waals surface area contributed by atoms with Gasteiger partial charge in [0.2, 0.25) is 0 Å². The van der Waals surface area contributed by atoms with Crippen LogP contribution in [0.1, 0.15) is 38.5 Å². The Hall–Kier alpha value is -1.04. The maximum absolute atomic E-state index is 2.29. The molecule has 14 heavy (non-hydrogen) atoms. The predicted molar refractivity (Wildman–Crippen MR) is 64.3 cm³/mol. The van der Waals surface area contributed by atoms with Gasteiger partial charge in [0, 0.05) is 0 Å². The second kappa shape index (κ2) is 8.55. The van der Waals surface area contributed by atoms with Crippen molar-refractivity contribution >= 4 is 0 Å². The number of rotatable bonds is 0. The lowest BCUT2D eigenvalue weighted by molar-refractivity contribution is 0.865. The molecule has 76 valence electrons. The van der Waals surface area contributed by atoms with Gasteiger partial charge >= 0.3 is 0 Å². The normalized spacial score (nSPS) is 28.6. The van der Waals surface area contributed by atoms with Crippen LogP contribution in [0.3, 0.4) is 0 Å². The van der Waals surface area contributed by atoms with Crippen LogP contribution in [0.5, 0.6) is 0 Å². The molecule has 1 rings (SSSR count). The van der Waals surface area contributed by atoms with E-state index in [0.717, 1.165) is 19.3 Å². The highest BCUT2D eigenvalue weighted by Gasteiger charge is 1.81. The molecule has 1 aliphatic carbocycles. The van der Waals surface area contributed by atoms with Gasteiger partial charge in [0.25, 0.3) is 0 Å². The van der Waals surface area contributed by atoms with Crippen LogP contribution in [-0.4, -0.2) is 0 Å². The van der Waals surface area contributed by atoms with E-state index >= 15 is 0 Å². The van der Waals surface area contributed by atoms with Gasteiger partial charge in [-0.2, -0.15) is 0 Å². The molecule has 0 heteroatoms. The summed E-state index contributed by atoms with van der Waals surface area (Å²) in [5.41, 5.74) is 0. The van der Waals surface area contributed by atoms with E-state index in [2.05, 4.69) is 48.6 Å². The van der Waals surface area contributed by atoms with Gasteiger partial charge in [0.05, 0.1) is 0 Å². The molecule has 0 aromatic carbocycles. The molecule has 0 atom stereocenters. The molecule has 0 aliphatic heterocycles. The topological polar surface area (TPSA) is 0 Å². The molecule has 0 aromatic rings.